The van der Waals surface area contributed by atoms with Gasteiger partial charge in [-0.3, -0.25) is 4.79 Å². The third-order valence-electron chi connectivity index (χ3n) is 3.71. The summed E-state index contributed by atoms with van der Waals surface area (Å²) < 4.78 is 0. The molecule has 0 spiro atoms. The quantitative estimate of drug-likeness (QED) is 0.840. The van der Waals surface area contributed by atoms with E-state index in [4.69, 9.17) is 0 Å². The van der Waals surface area contributed by atoms with Gasteiger partial charge < -0.3 is 4.90 Å². The Morgan fingerprint density at radius 1 is 1.25 bits per heavy atom. The average Bonchev–Trinajstić information content (AvgIpc) is 2.98. The lowest BCUT2D eigenvalue weighted by molar-refractivity contribution is -0.129. The molecule has 0 aliphatic carbocycles. The molecule has 1 aromatic heterocycles. The minimum atomic E-state index is 0.0953. The normalized spacial score (nSPS) is 18.2. The highest BCUT2D eigenvalue weighted by Gasteiger charge is 2.29. The van der Waals surface area contributed by atoms with Crippen molar-refractivity contribution in [2.75, 3.05) is 6.54 Å². The maximum atomic E-state index is 11.7. The zero-order chi connectivity index (χ0) is 13.9. The fourth-order valence-corrected chi connectivity index (χ4v) is 2.74. The third-order valence-corrected chi connectivity index (χ3v) is 3.71. The van der Waals surface area contributed by atoms with Crippen LogP contribution in [0.25, 0.3) is 11.4 Å². The van der Waals surface area contributed by atoms with Gasteiger partial charge in [0.05, 0.1) is 11.7 Å². The molecule has 2 aromatic rings. The van der Waals surface area contributed by atoms with E-state index >= 15 is 0 Å². The second-order valence-electron chi connectivity index (χ2n) is 5.04. The number of rotatable bonds is 2. The fraction of sp³-hybridized carbons (Fsp3) is 0.312. The van der Waals surface area contributed by atoms with Crippen molar-refractivity contribution < 1.29 is 4.79 Å². The molecule has 1 fully saturated rings. The minimum Gasteiger partial charge on any atom is -0.334 e. The van der Waals surface area contributed by atoms with Crippen molar-refractivity contribution in [1.82, 2.24) is 14.9 Å². The Kier molecular flexibility index (Phi) is 3.46. The van der Waals surface area contributed by atoms with E-state index in [1.807, 2.05) is 41.3 Å². The maximum absolute atomic E-state index is 11.7. The highest BCUT2D eigenvalue weighted by atomic mass is 16.2. The topological polar surface area (TPSA) is 46.1 Å². The summed E-state index contributed by atoms with van der Waals surface area (Å²) >= 11 is 0. The molecule has 2 heterocycles. The van der Waals surface area contributed by atoms with Gasteiger partial charge in [0.2, 0.25) is 5.91 Å². The molecule has 1 aliphatic rings. The van der Waals surface area contributed by atoms with Crippen LogP contribution in [0.1, 0.15) is 31.5 Å². The van der Waals surface area contributed by atoms with Gasteiger partial charge in [-0.05, 0) is 18.9 Å². The zero-order valence-electron chi connectivity index (χ0n) is 11.5. The van der Waals surface area contributed by atoms with E-state index in [-0.39, 0.29) is 11.9 Å². The number of hydrogen-bond acceptors (Lipinski definition) is 3. The van der Waals surface area contributed by atoms with Crippen LogP contribution in [0.5, 0.6) is 0 Å². The first kappa shape index (κ1) is 12.8. The molecule has 1 saturated heterocycles. The van der Waals surface area contributed by atoms with Crippen molar-refractivity contribution >= 4 is 5.91 Å². The Morgan fingerprint density at radius 3 is 2.80 bits per heavy atom. The molecular formula is C16H17N3O. The standard InChI is InChI=1S/C16H17N3O/c1-12(20)19-11-5-8-15(19)14-9-10-17-16(18-14)13-6-3-2-4-7-13/h2-4,6-7,9-10,15H,5,8,11H2,1H3. The summed E-state index contributed by atoms with van der Waals surface area (Å²) in [5.41, 5.74) is 1.94. The Morgan fingerprint density at radius 2 is 2.05 bits per heavy atom. The van der Waals surface area contributed by atoms with Crippen LogP contribution in [0.4, 0.5) is 0 Å². The van der Waals surface area contributed by atoms with Gasteiger partial charge in [-0.15, -0.1) is 0 Å². The van der Waals surface area contributed by atoms with Crippen LogP contribution in [0.2, 0.25) is 0 Å². The van der Waals surface area contributed by atoms with Gasteiger partial charge in [0, 0.05) is 25.2 Å². The fourth-order valence-electron chi connectivity index (χ4n) is 2.74. The summed E-state index contributed by atoms with van der Waals surface area (Å²) in [4.78, 5) is 22.6. The highest BCUT2D eigenvalue weighted by molar-refractivity contribution is 5.74. The summed E-state index contributed by atoms with van der Waals surface area (Å²) in [5, 5.41) is 0. The predicted octanol–water partition coefficient (Wildman–Crippen LogP) is 2.83. The summed E-state index contributed by atoms with van der Waals surface area (Å²) in [5.74, 6) is 0.839. The molecular weight excluding hydrogens is 250 g/mol. The van der Waals surface area contributed by atoms with Crippen molar-refractivity contribution in [2.45, 2.75) is 25.8 Å². The van der Waals surface area contributed by atoms with E-state index in [0.29, 0.717) is 0 Å². The van der Waals surface area contributed by atoms with Gasteiger partial charge in [-0.25, -0.2) is 9.97 Å². The van der Waals surface area contributed by atoms with Crippen LogP contribution in [0.15, 0.2) is 42.6 Å². The van der Waals surface area contributed by atoms with Crippen LogP contribution >= 0.6 is 0 Å². The largest absolute Gasteiger partial charge is 0.334 e. The second kappa shape index (κ2) is 5.41. The van der Waals surface area contributed by atoms with Gasteiger partial charge in [0.1, 0.15) is 0 Å². The van der Waals surface area contributed by atoms with Gasteiger partial charge >= 0.3 is 0 Å². The molecule has 0 bridgehead atoms. The Bertz CT molecular complexity index is 612. The van der Waals surface area contributed by atoms with Crippen LogP contribution in [-0.2, 0) is 4.79 Å². The van der Waals surface area contributed by atoms with Crippen LogP contribution in [0, 0.1) is 0 Å². The van der Waals surface area contributed by atoms with Crippen LogP contribution in [-0.4, -0.2) is 27.3 Å². The van der Waals surface area contributed by atoms with E-state index in [2.05, 4.69) is 9.97 Å². The molecule has 1 atom stereocenters. The Balaban J connectivity index is 1.94. The van der Waals surface area contributed by atoms with Crippen LogP contribution in [0.3, 0.4) is 0 Å². The number of carbonyl (C=O) groups excluding carboxylic acids is 1. The number of hydrogen-bond donors (Lipinski definition) is 0. The first-order valence-corrected chi connectivity index (χ1v) is 6.91. The molecule has 1 aromatic carbocycles. The summed E-state index contributed by atoms with van der Waals surface area (Å²) in [6, 6.07) is 11.9. The summed E-state index contributed by atoms with van der Waals surface area (Å²) in [6.07, 6.45) is 3.79. The minimum absolute atomic E-state index is 0.0953. The van der Waals surface area contributed by atoms with E-state index in [0.717, 1.165) is 36.5 Å². The zero-order valence-corrected chi connectivity index (χ0v) is 11.5. The molecule has 0 saturated carbocycles. The summed E-state index contributed by atoms with van der Waals surface area (Å²) in [6.45, 7) is 2.45. The molecule has 0 radical (unpaired) electrons. The molecule has 102 valence electrons. The molecule has 20 heavy (non-hydrogen) atoms. The van der Waals surface area contributed by atoms with Gasteiger partial charge in [0.25, 0.3) is 0 Å². The predicted molar refractivity (Wildman–Crippen MR) is 76.8 cm³/mol. The Labute approximate surface area is 118 Å². The van der Waals surface area contributed by atoms with E-state index in [1.54, 1.807) is 13.1 Å². The molecule has 1 unspecified atom stereocenters. The van der Waals surface area contributed by atoms with Crippen molar-refractivity contribution in [2.24, 2.45) is 0 Å². The van der Waals surface area contributed by atoms with Crippen molar-refractivity contribution in [3.63, 3.8) is 0 Å². The number of benzene rings is 1. The lowest BCUT2D eigenvalue weighted by Gasteiger charge is -2.22. The summed E-state index contributed by atoms with van der Waals surface area (Å²) in [7, 11) is 0. The third kappa shape index (κ3) is 2.41. The van der Waals surface area contributed by atoms with Gasteiger partial charge in [0.15, 0.2) is 5.82 Å². The monoisotopic (exact) mass is 267 g/mol. The number of nitrogens with zero attached hydrogens (tertiary/aromatic N) is 3. The smallest absolute Gasteiger partial charge is 0.220 e. The van der Waals surface area contributed by atoms with E-state index < -0.39 is 0 Å². The van der Waals surface area contributed by atoms with Crippen LogP contribution < -0.4 is 0 Å². The number of carbonyl (C=O) groups is 1. The molecule has 1 aliphatic heterocycles. The second-order valence-corrected chi connectivity index (χ2v) is 5.04. The Hall–Kier alpha value is -2.23. The number of amides is 1. The van der Waals surface area contributed by atoms with Crippen molar-refractivity contribution in [3.8, 4) is 11.4 Å². The first-order chi connectivity index (χ1) is 9.75. The average molecular weight is 267 g/mol. The number of likely N-dealkylation sites (tertiary alicyclic amines) is 1. The molecule has 1 amide bonds. The van der Waals surface area contributed by atoms with E-state index in [9.17, 15) is 4.79 Å². The first-order valence-electron chi connectivity index (χ1n) is 6.91. The van der Waals surface area contributed by atoms with Gasteiger partial charge in [-0.2, -0.15) is 0 Å². The lowest BCUT2D eigenvalue weighted by atomic mass is 10.1. The molecule has 4 heteroatoms. The van der Waals surface area contributed by atoms with E-state index in [1.165, 1.54) is 0 Å². The number of aromatic nitrogens is 2. The molecule has 4 nitrogen and oxygen atoms in total. The van der Waals surface area contributed by atoms with Gasteiger partial charge in [-0.1, -0.05) is 30.3 Å². The highest BCUT2D eigenvalue weighted by Crippen LogP contribution is 2.31. The van der Waals surface area contributed by atoms with Crippen molar-refractivity contribution in [1.29, 1.82) is 0 Å². The van der Waals surface area contributed by atoms with Crippen molar-refractivity contribution in [3.05, 3.63) is 48.3 Å². The maximum Gasteiger partial charge on any atom is 0.220 e. The SMILES string of the molecule is CC(=O)N1CCCC1c1ccnc(-c2ccccc2)n1. The lowest BCUT2D eigenvalue weighted by Crippen LogP contribution is -2.28. The molecule has 0 N–H and O–H groups in total. The molecule has 3 rings (SSSR count).